The van der Waals surface area contributed by atoms with Crippen LogP contribution >= 0.6 is 0 Å². The summed E-state index contributed by atoms with van der Waals surface area (Å²) in [5.74, 6) is 0. The first-order chi connectivity index (χ1) is 12.6. The SMILES string of the molecule is C=CC1=C(/C=C(\C)c2ccccc2C)C/C(=C\c2ccccc2C=C)C1. The maximum absolute atomic E-state index is 4.04. The number of aryl methyl sites for hydroxylation is 1. The van der Waals surface area contributed by atoms with Crippen molar-refractivity contribution in [2.24, 2.45) is 0 Å². The second kappa shape index (κ2) is 8.01. The van der Waals surface area contributed by atoms with Gasteiger partial charge in [-0.3, -0.25) is 0 Å². The van der Waals surface area contributed by atoms with Crippen molar-refractivity contribution >= 4 is 17.7 Å². The van der Waals surface area contributed by atoms with Crippen LogP contribution in [0.3, 0.4) is 0 Å². The summed E-state index contributed by atoms with van der Waals surface area (Å²) in [6.45, 7) is 12.3. The van der Waals surface area contributed by atoms with Crippen LogP contribution in [0.5, 0.6) is 0 Å². The maximum atomic E-state index is 4.04. The molecule has 3 rings (SSSR count). The fraction of sp³-hybridized carbons (Fsp3) is 0.154. The van der Waals surface area contributed by atoms with E-state index >= 15 is 0 Å². The third kappa shape index (κ3) is 3.86. The summed E-state index contributed by atoms with van der Waals surface area (Å²) in [6, 6.07) is 17.0. The molecular formula is C26H26. The van der Waals surface area contributed by atoms with Crippen molar-refractivity contribution in [2.75, 3.05) is 0 Å². The molecule has 26 heavy (non-hydrogen) atoms. The lowest BCUT2D eigenvalue weighted by atomic mass is 9.98. The Morgan fingerprint density at radius 1 is 0.846 bits per heavy atom. The fourth-order valence-electron chi connectivity index (χ4n) is 3.63. The zero-order valence-corrected chi connectivity index (χ0v) is 15.8. The Morgan fingerprint density at radius 2 is 1.50 bits per heavy atom. The zero-order valence-electron chi connectivity index (χ0n) is 15.8. The van der Waals surface area contributed by atoms with Gasteiger partial charge in [-0.25, -0.2) is 0 Å². The molecule has 1 aliphatic carbocycles. The maximum Gasteiger partial charge on any atom is -0.00575 e. The van der Waals surface area contributed by atoms with E-state index in [4.69, 9.17) is 0 Å². The first kappa shape index (κ1) is 17.9. The summed E-state index contributed by atoms with van der Waals surface area (Å²) in [7, 11) is 0. The number of benzene rings is 2. The molecule has 0 saturated carbocycles. The van der Waals surface area contributed by atoms with Crippen LogP contribution in [0.2, 0.25) is 0 Å². The van der Waals surface area contributed by atoms with E-state index in [9.17, 15) is 0 Å². The van der Waals surface area contributed by atoms with Gasteiger partial charge in [-0.05, 0) is 65.7 Å². The fourth-order valence-corrected chi connectivity index (χ4v) is 3.63. The molecule has 0 heterocycles. The Balaban J connectivity index is 1.90. The Bertz CT molecular complexity index is 932. The van der Waals surface area contributed by atoms with Gasteiger partial charge in [0.25, 0.3) is 0 Å². The summed E-state index contributed by atoms with van der Waals surface area (Å²) in [5.41, 5.74) is 10.5. The molecule has 0 heteroatoms. The predicted molar refractivity (Wildman–Crippen MR) is 116 cm³/mol. The lowest BCUT2D eigenvalue weighted by molar-refractivity contribution is 1.18. The van der Waals surface area contributed by atoms with Crippen LogP contribution in [-0.4, -0.2) is 0 Å². The second-order valence-corrected chi connectivity index (χ2v) is 6.89. The van der Waals surface area contributed by atoms with Gasteiger partial charge in [0, 0.05) is 0 Å². The van der Waals surface area contributed by atoms with Crippen LogP contribution in [0.25, 0.3) is 17.7 Å². The van der Waals surface area contributed by atoms with Crippen LogP contribution in [0.15, 0.2) is 90.6 Å². The molecule has 0 aliphatic heterocycles. The second-order valence-electron chi connectivity index (χ2n) is 6.89. The van der Waals surface area contributed by atoms with Crippen molar-refractivity contribution in [3.8, 4) is 0 Å². The van der Waals surface area contributed by atoms with Gasteiger partial charge in [0.15, 0.2) is 0 Å². The zero-order chi connectivity index (χ0) is 18.5. The molecule has 0 bridgehead atoms. The monoisotopic (exact) mass is 338 g/mol. The highest BCUT2D eigenvalue weighted by Crippen LogP contribution is 2.36. The number of hydrogen-bond acceptors (Lipinski definition) is 0. The lowest BCUT2D eigenvalue weighted by Gasteiger charge is -2.07. The molecule has 0 atom stereocenters. The molecule has 0 fully saturated rings. The van der Waals surface area contributed by atoms with E-state index in [1.54, 1.807) is 0 Å². The highest BCUT2D eigenvalue weighted by atomic mass is 14.2. The van der Waals surface area contributed by atoms with Crippen molar-refractivity contribution in [3.05, 3.63) is 113 Å². The third-order valence-corrected chi connectivity index (χ3v) is 5.03. The molecule has 130 valence electrons. The van der Waals surface area contributed by atoms with Gasteiger partial charge in [0.05, 0.1) is 0 Å². The summed E-state index contributed by atoms with van der Waals surface area (Å²) in [4.78, 5) is 0. The van der Waals surface area contributed by atoms with Crippen LogP contribution in [-0.2, 0) is 0 Å². The largest absolute Gasteiger partial charge is 0.0988 e. The van der Waals surface area contributed by atoms with E-state index in [0.717, 1.165) is 12.8 Å². The normalized spacial score (nSPS) is 16.2. The molecule has 0 amide bonds. The van der Waals surface area contributed by atoms with Gasteiger partial charge in [0.2, 0.25) is 0 Å². The molecular weight excluding hydrogens is 312 g/mol. The summed E-state index contributed by atoms with van der Waals surface area (Å²) >= 11 is 0. The number of allylic oxidation sites excluding steroid dienone is 6. The van der Waals surface area contributed by atoms with Crippen molar-refractivity contribution < 1.29 is 0 Å². The minimum Gasteiger partial charge on any atom is -0.0988 e. The highest BCUT2D eigenvalue weighted by molar-refractivity contribution is 5.72. The molecule has 0 nitrogen and oxygen atoms in total. The molecule has 0 unspecified atom stereocenters. The molecule has 0 radical (unpaired) electrons. The molecule has 0 spiro atoms. The van der Waals surface area contributed by atoms with Crippen LogP contribution in [0, 0.1) is 6.92 Å². The lowest BCUT2D eigenvalue weighted by Crippen LogP contribution is -1.86. The van der Waals surface area contributed by atoms with Crippen molar-refractivity contribution in [3.63, 3.8) is 0 Å². The minimum atomic E-state index is 0.974. The van der Waals surface area contributed by atoms with Gasteiger partial charge in [-0.15, -0.1) is 0 Å². The van der Waals surface area contributed by atoms with Crippen molar-refractivity contribution in [2.45, 2.75) is 26.7 Å². The molecule has 2 aromatic carbocycles. The van der Waals surface area contributed by atoms with Crippen LogP contribution < -0.4 is 0 Å². The van der Waals surface area contributed by atoms with Crippen LogP contribution in [0.1, 0.15) is 42.0 Å². The van der Waals surface area contributed by atoms with E-state index in [0.29, 0.717) is 0 Å². The van der Waals surface area contributed by atoms with E-state index in [2.05, 4.69) is 87.7 Å². The smallest absolute Gasteiger partial charge is 0.00575 e. The van der Waals surface area contributed by atoms with Gasteiger partial charge < -0.3 is 0 Å². The number of rotatable bonds is 5. The number of hydrogen-bond donors (Lipinski definition) is 0. The highest BCUT2D eigenvalue weighted by Gasteiger charge is 2.16. The van der Waals surface area contributed by atoms with Gasteiger partial charge in [-0.1, -0.05) is 91.6 Å². The van der Waals surface area contributed by atoms with Crippen molar-refractivity contribution in [1.29, 1.82) is 0 Å². The molecule has 0 saturated heterocycles. The van der Waals surface area contributed by atoms with Gasteiger partial charge in [-0.2, -0.15) is 0 Å². The molecule has 0 N–H and O–H groups in total. The average Bonchev–Trinajstić information content (AvgIpc) is 3.03. The van der Waals surface area contributed by atoms with E-state index in [1.807, 2.05) is 12.2 Å². The summed E-state index contributed by atoms with van der Waals surface area (Å²) in [6.07, 6.45) is 10.5. The Kier molecular flexibility index (Phi) is 5.53. The predicted octanol–water partition coefficient (Wildman–Crippen LogP) is 7.40. The Morgan fingerprint density at radius 3 is 2.19 bits per heavy atom. The van der Waals surface area contributed by atoms with E-state index in [1.165, 1.54) is 44.5 Å². The topological polar surface area (TPSA) is 0 Å². The minimum absolute atomic E-state index is 0.974. The molecule has 1 aliphatic rings. The Hall–Kier alpha value is -2.86. The molecule has 2 aromatic rings. The van der Waals surface area contributed by atoms with Gasteiger partial charge in [0.1, 0.15) is 0 Å². The van der Waals surface area contributed by atoms with Crippen molar-refractivity contribution in [1.82, 2.24) is 0 Å². The quantitative estimate of drug-likeness (QED) is 0.532. The van der Waals surface area contributed by atoms with Gasteiger partial charge >= 0.3 is 0 Å². The van der Waals surface area contributed by atoms with E-state index in [-0.39, 0.29) is 0 Å². The summed E-state index contributed by atoms with van der Waals surface area (Å²) in [5, 5.41) is 0. The van der Waals surface area contributed by atoms with E-state index < -0.39 is 0 Å². The standard InChI is InChI=1S/C26H26/c1-5-22-12-8-9-13-24(22)17-21-16-23(6-2)25(18-21)15-20(4)26-14-10-7-11-19(26)3/h5-15,17H,1-2,16,18H2,3-4H3/b20-15+,21-17-. The Labute approximate surface area is 157 Å². The third-order valence-electron chi connectivity index (χ3n) is 5.03. The molecule has 0 aromatic heterocycles. The average molecular weight is 338 g/mol. The first-order valence-corrected chi connectivity index (χ1v) is 9.12. The first-order valence-electron chi connectivity index (χ1n) is 9.12. The van der Waals surface area contributed by atoms with Crippen LogP contribution in [0.4, 0.5) is 0 Å². The summed E-state index contributed by atoms with van der Waals surface area (Å²) < 4.78 is 0.